The van der Waals surface area contributed by atoms with Crippen LogP contribution in [0.25, 0.3) is 0 Å². The van der Waals surface area contributed by atoms with Crippen LogP contribution in [0.15, 0.2) is 77.9 Å². The van der Waals surface area contributed by atoms with E-state index in [1.165, 1.54) is 5.56 Å². The minimum Gasteiger partial charge on any atom is -0.493 e. The molecule has 3 aromatic rings. The van der Waals surface area contributed by atoms with Crippen LogP contribution < -0.4 is 9.47 Å². The van der Waals surface area contributed by atoms with Crippen LogP contribution >= 0.6 is 11.6 Å². The first-order valence-corrected chi connectivity index (χ1v) is 11.2. The van der Waals surface area contributed by atoms with E-state index in [0.717, 1.165) is 54.6 Å². The van der Waals surface area contributed by atoms with Crippen molar-refractivity contribution in [3.05, 3.63) is 94.5 Å². The second kappa shape index (κ2) is 11.0. The van der Waals surface area contributed by atoms with E-state index in [4.69, 9.17) is 21.1 Å². The van der Waals surface area contributed by atoms with Crippen molar-refractivity contribution in [2.24, 2.45) is 5.10 Å². The van der Waals surface area contributed by atoms with Crippen molar-refractivity contribution in [2.45, 2.75) is 13.2 Å². The van der Waals surface area contributed by atoms with Gasteiger partial charge in [0.2, 0.25) is 0 Å². The Morgan fingerprint density at radius 2 is 1.62 bits per heavy atom. The molecule has 1 heterocycles. The van der Waals surface area contributed by atoms with Gasteiger partial charge in [0, 0.05) is 37.7 Å². The fraction of sp³-hybridized carbons (Fsp3) is 0.269. The van der Waals surface area contributed by atoms with Crippen LogP contribution in [0.5, 0.6) is 11.5 Å². The second-order valence-electron chi connectivity index (χ2n) is 7.79. The predicted molar refractivity (Wildman–Crippen MR) is 130 cm³/mol. The van der Waals surface area contributed by atoms with E-state index < -0.39 is 0 Å². The third kappa shape index (κ3) is 6.25. The maximum Gasteiger partial charge on any atom is 0.161 e. The molecular formula is C26H28ClN3O2. The van der Waals surface area contributed by atoms with Gasteiger partial charge in [-0.2, -0.15) is 5.10 Å². The third-order valence-corrected chi connectivity index (χ3v) is 5.72. The Kier molecular flexibility index (Phi) is 7.64. The molecule has 0 bridgehead atoms. The van der Waals surface area contributed by atoms with Gasteiger partial charge in [-0.1, -0.05) is 54.1 Å². The SMILES string of the molecule is COc1cc(C=NN2CCN(Cc3ccc(Cl)cc3)CC2)ccc1OCc1ccccc1. The van der Waals surface area contributed by atoms with E-state index in [2.05, 4.69) is 27.1 Å². The molecule has 6 heteroatoms. The number of methoxy groups -OCH3 is 1. The summed E-state index contributed by atoms with van der Waals surface area (Å²) >= 11 is 5.98. The van der Waals surface area contributed by atoms with Gasteiger partial charge in [0.15, 0.2) is 11.5 Å². The van der Waals surface area contributed by atoms with E-state index in [0.29, 0.717) is 12.4 Å². The first-order chi connectivity index (χ1) is 15.7. The topological polar surface area (TPSA) is 37.3 Å². The van der Waals surface area contributed by atoms with Crippen molar-refractivity contribution in [3.63, 3.8) is 0 Å². The summed E-state index contributed by atoms with van der Waals surface area (Å²) in [5.74, 6) is 1.43. The lowest BCUT2D eigenvalue weighted by Crippen LogP contribution is -2.43. The fourth-order valence-corrected chi connectivity index (χ4v) is 3.75. The van der Waals surface area contributed by atoms with Crippen molar-refractivity contribution in [3.8, 4) is 11.5 Å². The van der Waals surface area contributed by atoms with Crippen molar-refractivity contribution in [2.75, 3.05) is 33.3 Å². The summed E-state index contributed by atoms with van der Waals surface area (Å²) in [6.07, 6.45) is 1.89. The normalized spacial score (nSPS) is 14.6. The Morgan fingerprint density at radius 1 is 0.875 bits per heavy atom. The molecular weight excluding hydrogens is 422 g/mol. The van der Waals surface area contributed by atoms with E-state index in [-0.39, 0.29) is 0 Å². The summed E-state index contributed by atoms with van der Waals surface area (Å²) in [5, 5.41) is 7.57. The Bertz CT molecular complexity index is 1020. The van der Waals surface area contributed by atoms with Crippen LogP contribution in [-0.4, -0.2) is 49.4 Å². The van der Waals surface area contributed by atoms with Gasteiger partial charge in [-0.15, -0.1) is 0 Å². The fourth-order valence-electron chi connectivity index (χ4n) is 3.63. The van der Waals surface area contributed by atoms with Gasteiger partial charge in [-0.3, -0.25) is 9.91 Å². The number of hydrogen-bond acceptors (Lipinski definition) is 5. The van der Waals surface area contributed by atoms with Gasteiger partial charge in [-0.25, -0.2) is 0 Å². The zero-order valence-corrected chi connectivity index (χ0v) is 19.0. The number of hydrazone groups is 1. The van der Waals surface area contributed by atoms with Crippen molar-refractivity contribution >= 4 is 17.8 Å². The predicted octanol–water partition coefficient (Wildman–Crippen LogP) is 5.08. The molecule has 1 saturated heterocycles. The molecule has 0 saturated carbocycles. The molecule has 1 aliphatic rings. The molecule has 0 spiro atoms. The first-order valence-electron chi connectivity index (χ1n) is 10.8. The van der Waals surface area contributed by atoms with E-state index >= 15 is 0 Å². The lowest BCUT2D eigenvalue weighted by Gasteiger charge is -2.33. The Labute approximate surface area is 194 Å². The van der Waals surface area contributed by atoms with Crippen LogP contribution in [0, 0.1) is 0 Å². The molecule has 5 nitrogen and oxygen atoms in total. The minimum absolute atomic E-state index is 0.505. The van der Waals surface area contributed by atoms with Gasteiger partial charge in [0.05, 0.1) is 13.3 Å². The van der Waals surface area contributed by atoms with Gasteiger partial charge in [0.25, 0.3) is 0 Å². The molecule has 3 aromatic carbocycles. The number of rotatable bonds is 8. The lowest BCUT2D eigenvalue weighted by atomic mass is 10.2. The molecule has 0 amide bonds. The van der Waals surface area contributed by atoms with Crippen LogP contribution in [0.4, 0.5) is 0 Å². The summed E-state index contributed by atoms with van der Waals surface area (Å²) < 4.78 is 11.5. The van der Waals surface area contributed by atoms with Gasteiger partial charge >= 0.3 is 0 Å². The average molecular weight is 450 g/mol. The number of piperazine rings is 1. The maximum absolute atomic E-state index is 5.98. The largest absolute Gasteiger partial charge is 0.493 e. The van der Waals surface area contributed by atoms with Crippen molar-refractivity contribution in [1.29, 1.82) is 0 Å². The summed E-state index contributed by atoms with van der Waals surface area (Å²) in [7, 11) is 1.66. The smallest absolute Gasteiger partial charge is 0.161 e. The molecule has 0 aromatic heterocycles. The molecule has 0 unspecified atom stereocenters. The highest BCUT2D eigenvalue weighted by atomic mass is 35.5. The molecule has 1 fully saturated rings. The highest BCUT2D eigenvalue weighted by Gasteiger charge is 2.15. The zero-order valence-electron chi connectivity index (χ0n) is 18.3. The van der Waals surface area contributed by atoms with Gasteiger partial charge in [0.1, 0.15) is 6.61 Å². The van der Waals surface area contributed by atoms with Gasteiger partial charge < -0.3 is 9.47 Å². The molecule has 4 rings (SSSR count). The highest BCUT2D eigenvalue weighted by molar-refractivity contribution is 6.30. The summed E-state index contributed by atoms with van der Waals surface area (Å²) in [6, 6.07) is 24.1. The summed E-state index contributed by atoms with van der Waals surface area (Å²) in [6.45, 7) is 5.21. The van der Waals surface area contributed by atoms with E-state index in [1.807, 2.05) is 66.9 Å². The number of nitrogens with zero attached hydrogens (tertiary/aromatic N) is 3. The van der Waals surface area contributed by atoms with E-state index in [1.54, 1.807) is 7.11 Å². The van der Waals surface area contributed by atoms with Crippen LogP contribution in [0.1, 0.15) is 16.7 Å². The number of ether oxygens (including phenoxy) is 2. The van der Waals surface area contributed by atoms with Crippen LogP contribution in [0.2, 0.25) is 5.02 Å². The Balaban J connectivity index is 1.29. The Hall–Kier alpha value is -3.02. The molecule has 0 atom stereocenters. The molecule has 0 aliphatic carbocycles. The summed E-state index contributed by atoms with van der Waals surface area (Å²) in [4.78, 5) is 2.44. The van der Waals surface area contributed by atoms with Crippen molar-refractivity contribution in [1.82, 2.24) is 9.91 Å². The maximum atomic E-state index is 5.98. The zero-order chi connectivity index (χ0) is 22.2. The van der Waals surface area contributed by atoms with Crippen molar-refractivity contribution < 1.29 is 9.47 Å². The number of benzene rings is 3. The number of hydrogen-bond donors (Lipinski definition) is 0. The molecule has 0 N–H and O–H groups in total. The molecule has 166 valence electrons. The minimum atomic E-state index is 0.505. The molecule has 1 aliphatic heterocycles. The average Bonchev–Trinajstić information content (AvgIpc) is 2.84. The Morgan fingerprint density at radius 3 is 2.34 bits per heavy atom. The quantitative estimate of drug-likeness (QED) is 0.449. The van der Waals surface area contributed by atoms with Gasteiger partial charge in [-0.05, 0) is 47.0 Å². The van der Waals surface area contributed by atoms with E-state index in [9.17, 15) is 0 Å². The standard InChI is InChI=1S/C26H28ClN3O2/c1-31-26-17-23(9-12-25(26)32-20-22-5-3-2-4-6-22)18-28-30-15-13-29(14-16-30)19-21-7-10-24(27)11-8-21/h2-12,17-18H,13-16,19-20H2,1H3. The van der Waals surface area contributed by atoms with Crippen LogP contribution in [0.3, 0.4) is 0 Å². The third-order valence-electron chi connectivity index (χ3n) is 5.46. The number of halogens is 1. The molecule has 32 heavy (non-hydrogen) atoms. The highest BCUT2D eigenvalue weighted by Crippen LogP contribution is 2.28. The summed E-state index contributed by atoms with van der Waals surface area (Å²) in [5.41, 5.74) is 3.39. The lowest BCUT2D eigenvalue weighted by molar-refractivity contribution is 0.131. The first kappa shape index (κ1) is 22.2. The molecule has 0 radical (unpaired) electrons. The monoisotopic (exact) mass is 449 g/mol. The van der Waals surface area contributed by atoms with Crippen LogP contribution in [-0.2, 0) is 13.2 Å². The second-order valence-corrected chi connectivity index (χ2v) is 8.22.